The third-order valence-corrected chi connectivity index (χ3v) is 2.72. The number of amides is 1. The molecule has 0 bridgehead atoms. The van der Waals surface area contributed by atoms with Gasteiger partial charge in [0.15, 0.2) is 0 Å². The second-order valence-electron chi connectivity index (χ2n) is 4.52. The van der Waals surface area contributed by atoms with Crippen molar-refractivity contribution in [1.29, 1.82) is 0 Å². The summed E-state index contributed by atoms with van der Waals surface area (Å²) in [5, 5.41) is 4.82. The monoisotopic (exact) mass is 294 g/mol. The quantitative estimate of drug-likeness (QED) is 0.906. The van der Waals surface area contributed by atoms with E-state index in [1.807, 2.05) is 0 Å². The number of nitrogens with one attached hydrogen (secondary N) is 2. The van der Waals surface area contributed by atoms with Crippen molar-refractivity contribution in [3.63, 3.8) is 0 Å². The fourth-order valence-electron chi connectivity index (χ4n) is 1.82. The zero-order chi connectivity index (χ0) is 15.4. The van der Waals surface area contributed by atoms with Crippen LogP contribution in [0.3, 0.4) is 0 Å². The predicted molar refractivity (Wildman–Crippen MR) is 74.6 cm³/mol. The second-order valence-corrected chi connectivity index (χ2v) is 4.52. The second kappa shape index (κ2) is 6.30. The summed E-state index contributed by atoms with van der Waals surface area (Å²) in [5.74, 6) is -2.78. The molecule has 0 spiro atoms. The predicted octanol–water partition coefficient (Wildman–Crippen LogP) is 3.46. The van der Waals surface area contributed by atoms with Crippen molar-refractivity contribution in [3.05, 3.63) is 59.4 Å². The molecular weight excluding hydrogens is 281 g/mol. The van der Waals surface area contributed by atoms with Gasteiger partial charge in [-0.1, -0.05) is 6.07 Å². The number of rotatable bonds is 4. The molecule has 110 valence electrons. The van der Waals surface area contributed by atoms with Gasteiger partial charge in [0.2, 0.25) is 5.91 Å². The molecule has 0 atom stereocenters. The van der Waals surface area contributed by atoms with Crippen molar-refractivity contribution in [2.75, 3.05) is 17.2 Å². The maximum absolute atomic E-state index is 13.4. The Labute approximate surface area is 119 Å². The Bertz CT molecular complexity index is 633. The van der Waals surface area contributed by atoms with Crippen LogP contribution >= 0.6 is 0 Å². The summed E-state index contributed by atoms with van der Waals surface area (Å²) >= 11 is 0. The Morgan fingerprint density at radius 1 is 1.10 bits per heavy atom. The summed E-state index contributed by atoms with van der Waals surface area (Å²) in [5.41, 5.74) is 0.606. The van der Waals surface area contributed by atoms with Gasteiger partial charge in [-0.05, 0) is 42.8 Å². The third kappa shape index (κ3) is 3.98. The molecular formula is C15H13F3N2O. The molecule has 3 nitrogen and oxygen atoms in total. The Morgan fingerprint density at radius 2 is 1.76 bits per heavy atom. The molecule has 0 heterocycles. The molecule has 0 radical (unpaired) electrons. The van der Waals surface area contributed by atoms with E-state index in [2.05, 4.69) is 10.6 Å². The van der Waals surface area contributed by atoms with Crippen molar-refractivity contribution >= 4 is 17.3 Å². The summed E-state index contributed by atoms with van der Waals surface area (Å²) < 4.78 is 39.9. The van der Waals surface area contributed by atoms with Crippen molar-refractivity contribution in [3.8, 4) is 0 Å². The smallest absolute Gasteiger partial charge is 0.243 e. The van der Waals surface area contributed by atoms with Gasteiger partial charge in [-0.3, -0.25) is 4.79 Å². The minimum absolute atomic E-state index is 0.239. The number of hydrogen-bond donors (Lipinski definition) is 2. The van der Waals surface area contributed by atoms with Crippen LogP contribution in [0, 0.1) is 24.4 Å². The molecule has 0 fully saturated rings. The van der Waals surface area contributed by atoms with E-state index in [1.165, 1.54) is 18.2 Å². The van der Waals surface area contributed by atoms with Gasteiger partial charge in [0.1, 0.15) is 23.1 Å². The highest BCUT2D eigenvalue weighted by Crippen LogP contribution is 2.18. The number of anilines is 2. The minimum atomic E-state index is -0.857. The number of halogens is 3. The molecule has 6 heteroatoms. The van der Waals surface area contributed by atoms with Crippen molar-refractivity contribution in [2.45, 2.75) is 6.92 Å². The topological polar surface area (TPSA) is 41.1 Å². The molecule has 0 saturated carbocycles. The average molecular weight is 294 g/mol. The summed E-state index contributed by atoms with van der Waals surface area (Å²) in [4.78, 5) is 11.7. The SMILES string of the molecule is Cc1cc(F)cc(NCC(=O)Nc2c(F)cccc2F)c1. The molecule has 1 amide bonds. The van der Waals surface area contributed by atoms with E-state index in [-0.39, 0.29) is 6.54 Å². The van der Waals surface area contributed by atoms with Crippen LogP contribution in [0.5, 0.6) is 0 Å². The first kappa shape index (κ1) is 14.9. The largest absolute Gasteiger partial charge is 0.376 e. The number of carbonyl (C=O) groups is 1. The van der Waals surface area contributed by atoms with Crippen molar-refractivity contribution < 1.29 is 18.0 Å². The van der Waals surface area contributed by atoms with Gasteiger partial charge < -0.3 is 10.6 Å². The van der Waals surface area contributed by atoms with Crippen LogP contribution in [-0.4, -0.2) is 12.5 Å². The van der Waals surface area contributed by atoms with E-state index in [0.717, 1.165) is 12.1 Å². The highest BCUT2D eigenvalue weighted by Gasteiger charge is 2.11. The first-order chi connectivity index (χ1) is 9.95. The van der Waals surface area contributed by atoms with E-state index in [0.29, 0.717) is 11.3 Å². The Morgan fingerprint density at radius 3 is 2.38 bits per heavy atom. The van der Waals surface area contributed by atoms with E-state index in [9.17, 15) is 18.0 Å². The van der Waals surface area contributed by atoms with Crippen LogP contribution in [0.2, 0.25) is 0 Å². The molecule has 0 aromatic heterocycles. The number of aryl methyl sites for hydroxylation is 1. The van der Waals surface area contributed by atoms with Gasteiger partial charge in [0, 0.05) is 5.69 Å². The van der Waals surface area contributed by atoms with Crippen molar-refractivity contribution in [2.24, 2.45) is 0 Å². The van der Waals surface area contributed by atoms with Gasteiger partial charge in [-0.25, -0.2) is 13.2 Å². The van der Waals surface area contributed by atoms with Crippen LogP contribution in [-0.2, 0) is 4.79 Å². The molecule has 21 heavy (non-hydrogen) atoms. The van der Waals surface area contributed by atoms with Crippen LogP contribution in [0.4, 0.5) is 24.5 Å². The first-order valence-electron chi connectivity index (χ1n) is 6.20. The normalized spacial score (nSPS) is 10.3. The Hall–Kier alpha value is -2.50. The van der Waals surface area contributed by atoms with Gasteiger partial charge >= 0.3 is 0 Å². The maximum Gasteiger partial charge on any atom is 0.243 e. The lowest BCUT2D eigenvalue weighted by Crippen LogP contribution is -2.23. The molecule has 0 saturated heterocycles. The lowest BCUT2D eigenvalue weighted by Gasteiger charge is -2.10. The van der Waals surface area contributed by atoms with Crippen LogP contribution in [0.1, 0.15) is 5.56 Å². The molecule has 0 aliphatic heterocycles. The molecule has 2 rings (SSSR count). The summed E-state index contributed by atoms with van der Waals surface area (Å²) in [6.07, 6.45) is 0. The lowest BCUT2D eigenvalue weighted by molar-refractivity contribution is -0.114. The van der Waals surface area contributed by atoms with E-state index < -0.39 is 29.0 Å². The van der Waals surface area contributed by atoms with Crippen molar-refractivity contribution in [1.82, 2.24) is 0 Å². The summed E-state index contributed by atoms with van der Waals surface area (Å²) in [6, 6.07) is 7.52. The lowest BCUT2D eigenvalue weighted by atomic mass is 10.2. The maximum atomic E-state index is 13.4. The standard InChI is InChI=1S/C15H13F3N2O/c1-9-5-10(16)7-11(6-9)19-8-14(21)20-15-12(17)3-2-4-13(15)18/h2-7,19H,8H2,1H3,(H,20,21). The highest BCUT2D eigenvalue weighted by atomic mass is 19.1. The van der Waals surface area contributed by atoms with Crippen LogP contribution in [0.15, 0.2) is 36.4 Å². The molecule has 0 aliphatic carbocycles. The summed E-state index contributed by atoms with van der Waals surface area (Å²) in [6.45, 7) is 1.47. The van der Waals surface area contributed by atoms with E-state index >= 15 is 0 Å². The third-order valence-electron chi connectivity index (χ3n) is 2.72. The number of para-hydroxylation sites is 1. The van der Waals surface area contributed by atoms with E-state index in [4.69, 9.17) is 0 Å². The zero-order valence-electron chi connectivity index (χ0n) is 11.2. The van der Waals surface area contributed by atoms with E-state index in [1.54, 1.807) is 13.0 Å². The minimum Gasteiger partial charge on any atom is -0.376 e. The van der Waals surface area contributed by atoms with Gasteiger partial charge in [0.25, 0.3) is 0 Å². The molecule has 2 aromatic rings. The molecule has 0 unspecified atom stereocenters. The number of hydrogen-bond acceptors (Lipinski definition) is 2. The van der Waals surface area contributed by atoms with Gasteiger partial charge in [-0.15, -0.1) is 0 Å². The first-order valence-corrected chi connectivity index (χ1v) is 6.20. The molecule has 0 aliphatic rings. The van der Waals surface area contributed by atoms with Gasteiger partial charge in [0.05, 0.1) is 6.54 Å². The number of benzene rings is 2. The summed E-state index contributed by atoms with van der Waals surface area (Å²) in [7, 11) is 0. The highest BCUT2D eigenvalue weighted by molar-refractivity contribution is 5.94. The zero-order valence-corrected chi connectivity index (χ0v) is 11.2. The fourth-order valence-corrected chi connectivity index (χ4v) is 1.82. The molecule has 2 N–H and O–H groups in total. The number of carbonyl (C=O) groups excluding carboxylic acids is 1. The van der Waals surface area contributed by atoms with Gasteiger partial charge in [-0.2, -0.15) is 0 Å². The Kier molecular flexibility index (Phi) is 4.47. The fraction of sp³-hybridized carbons (Fsp3) is 0.133. The van der Waals surface area contributed by atoms with Crippen LogP contribution in [0.25, 0.3) is 0 Å². The molecule has 2 aromatic carbocycles. The van der Waals surface area contributed by atoms with Crippen LogP contribution < -0.4 is 10.6 Å². The Balaban J connectivity index is 1.99. The average Bonchev–Trinajstić information content (AvgIpc) is 2.40.